The summed E-state index contributed by atoms with van der Waals surface area (Å²) in [6.07, 6.45) is 1.79. The van der Waals surface area contributed by atoms with Crippen molar-refractivity contribution >= 4 is 17.3 Å². The number of carbonyl (C=O) groups is 1. The number of nitrogens with zero attached hydrogens (tertiary/aromatic N) is 1. The van der Waals surface area contributed by atoms with E-state index >= 15 is 0 Å². The van der Waals surface area contributed by atoms with Crippen molar-refractivity contribution in [2.45, 2.75) is 33.6 Å². The van der Waals surface area contributed by atoms with Gasteiger partial charge in [-0.1, -0.05) is 19.9 Å². The molecule has 1 aromatic rings. The molecule has 0 saturated heterocycles. The normalized spacial score (nSPS) is 10.4. The quantitative estimate of drug-likeness (QED) is 0.644. The number of amides is 1. The Balaban J connectivity index is 2.96. The highest BCUT2D eigenvalue weighted by Gasteiger charge is 2.15. The maximum atomic E-state index is 11.0. The van der Waals surface area contributed by atoms with Crippen LogP contribution in [-0.2, 0) is 11.2 Å². The summed E-state index contributed by atoms with van der Waals surface area (Å²) in [5.74, 6) is 0.243. The molecule has 1 N–H and O–H groups in total. The molecular formula is C13H18N2O3. The van der Waals surface area contributed by atoms with Crippen LogP contribution in [0, 0.1) is 16.0 Å². The number of benzene rings is 1. The minimum Gasteiger partial charge on any atom is -0.321 e. The molecule has 0 radical (unpaired) electrons. The third-order valence-electron chi connectivity index (χ3n) is 2.58. The lowest BCUT2D eigenvalue weighted by atomic mass is 10.0. The molecule has 0 unspecified atom stereocenters. The van der Waals surface area contributed by atoms with Gasteiger partial charge in [0, 0.05) is 13.0 Å². The molecule has 0 bridgehead atoms. The summed E-state index contributed by atoms with van der Waals surface area (Å²) in [6.45, 7) is 5.55. The van der Waals surface area contributed by atoms with Crippen molar-refractivity contribution in [1.82, 2.24) is 0 Å². The molecule has 0 aliphatic heterocycles. The maximum Gasteiger partial charge on any atom is 0.293 e. The van der Waals surface area contributed by atoms with E-state index in [-0.39, 0.29) is 17.3 Å². The first-order valence-electron chi connectivity index (χ1n) is 5.95. The van der Waals surface area contributed by atoms with Crippen LogP contribution in [0.2, 0.25) is 0 Å². The Labute approximate surface area is 106 Å². The third-order valence-corrected chi connectivity index (χ3v) is 2.58. The number of nitro groups is 1. The third kappa shape index (κ3) is 4.16. The van der Waals surface area contributed by atoms with E-state index in [2.05, 4.69) is 19.2 Å². The van der Waals surface area contributed by atoms with Gasteiger partial charge in [-0.05, 0) is 30.4 Å². The highest BCUT2D eigenvalue weighted by Crippen LogP contribution is 2.26. The number of nitro benzene ring substituents is 1. The summed E-state index contributed by atoms with van der Waals surface area (Å²) in [6, 6.07) is 4.95. The van der Waals surface area contributed by atoms with Gasteiger partial charge in [-0.25, -0.2) is 0 Å². The van der Waals surface area contributed by atoms with E-state index in [0.29, 0.717) is 5.92 Å². The maximum absolute atomic E-state index is 11.0. The van der Waals surface area contributed by atoms with Crippen LogP contribution in [0.1, 0.15) is 32.8 Å². The van der Waals surface area contributed by atoms with Gasteiger partial charge in [0.1, 0.15) is 5.69 Å². The van der Waals surface area contributed by atoms with E-state index in [4.69, 9.17) is 0 Å². The van der Waals surface area contributed by atoms with E-state index in [1.165, 1.54) is 13.0 Å². The smallest absolute Gasteiger partial charge is 0.293 e. The number of carbonyl (C=O) groups excluding carboxylic acids is 1. The molecule has 0 aliphatic carbocycles. The Hall–Kier alpha value is -1.91. The van der Waals surface area contributed by atoms with Crippen molar-refractivity contribution in [3.63, 3.8) is 0 Å². The van der Waals surface area contributed by atoms with Crippen LogP contribution in [0.4, 0.5) is 11.4 Å². The zero-order valence-corrected chi connectivity index (χ0v) is 10.9. The number of anilines is 1. The molecule has 0 aromatic heterocycles. The molecule has 1 amide bonds. The fourth-order valence-electron chi connectivity index (χ4n) is 1.63. The summed E-state index contributed by atoms with van der Waals surface area (Å²) >= 11 is 0. The Kier molecular flexibility index (Phi) is 4.83. The topological polar surface area (TPSA) is 72.2 Å². The van der Waals surface area contributed by atoms with Gasteiger partial charge in [0.05, 0.1) is 4.92 Å². The van der Waals surface area contributed by atoms with Crippen molar-refractivity contribution in [2.24, 2.45) is 5.92 Å². The van der Waals surface area contributed by atoms with E-state index in [0.717, 1.165) is 18.4 Å². The average molecular weight is 250 g/mol. The van der Waals surface area contributed by atoms with Crippen LogP contribution < -0.4 is 5.32 Å². The first-order valence-corrected chi connectivity index (χ1v) is 5.95. The second-order valence-corrected chi connectivity index (χ2v) is 4.72. The van der Waals surface area contributed by atoms with Gasteiger partial charge in [-0.3, -0.25) is 14.9 Å². The molecule has 0 saturated carbocycles. The highest BCUT2D eigenvalue weighted by atomic mass is 16.6. The van der Waals surface area contributed by atoms with E-state index < -0.39 is 4.92 Å². The van der Waals surface area contributed by atoms with Crippen LogP contribution in [0.3, 0.4) is 0 Å². The molecule has 5 heteroatoms. The largest absolute Gasteiger partial charge is 0.321 e. The fourth-order valence-corrected chi connectivity index (χ4v) is 1.63. The van der Waals surface area contributed by atoms with Gasteiger partial charge in [0.15, 0.2) is 0 Å². The number of aryl methyl sites for hydroxylation is 1. The van der Waals surface area contributed by atoms with E-state index in [1.54, 1.807) is 6.07 Å². The Bertz CT molecular complexity index is 456. The number of hydrogen-bond donors (Lipinski definition) is 1. The summed E-state index contributed by atoms with van der Waals surface area (Å²) in [7, 11) is 0. The predicted molar refractivity (Wildman–Crippen MR) is 70.6 cm³/mol. The SMILES string of the molecule is CC(=O)Nc1ccc(CCC(C)C)cc1[N+](=O)[O-]. The van der Waals surface area contributed by atoms with Crippen molar-refractivity contribution in [2.75, 3.05) is 5.32 Å². The van der Waals surface area contributed by atoms with Gasteiger partial charge >= 0.3 is 0 Å². The second-order valence-electron chi connectivity index (χ2n) is 4.72. The van der Waals surface area contributed by atoms with Crippen LogP contribution in [0.5, 0.6) is 0 Å². The van der Waals surface area contributed by atoms with Gasteiger partial charge in [0.2, 0.25) is 5.91 Å². The molecule has 1 rings (SSSR count). The molecule has 0 fully saturated rings. The summed E-state index contributed by atoms with van der Waals surface area (Å²) in [5, 5.41) is 13.4. The number of rotatable bonds is 5. The Morgan fingerprint density at radius 1 is 1.44 bits per heavy atom. The minimum absolute atomic E-state index is 0.0496. The molecule has 0 aliphatic rings. The predicted octanol–water partition coefficient (Wildman–Crippen LogP) is 3.14. The zero-order chi connectivity index (χ0) is 13.7. The molecule has 0 heterocycles. The van der Waals surface area contributed by atoms with E-state index in [1.807, 2.05) is 6.07 Å². The zero-order valence-electron chi connectivity index (χ0n) is 10.9. The molecule has 0 spiro atoms. The van der Waals surface area contributed by atoms with Gasteiger partial charge in [0.25, 0.3) is 5.69 Å². The molecule has 18 heavy (non-hydrogen) atoms. The van der Waals surface area contributed by atoms with Crippen molar-refractivity contribution < 1.29 is 9.72 Å². The first kappa shape index (κ1) is 14.2. The van der Waals surface area contributed by atoms with Crippen LogP contribution in [0.25, 0.3) is 0 Å². The minimum atomic E-state index is -0.468. The van der Waals surface area contributed by atoms with E-state index in [9.17, 15) is 14.9 Å². The lowest BCUT2D eigenvalue weighted by molar-refractivity contribution is -0.384. The second kappa shape index (κ2) is 6.14. The van der Waals surface area contributed by atoms with Crippen molar-refractivity contribution in [3.05, 3.63) is 33.9 Å². The lowest BCUT2D eigenvalue weighted by Crippen LogP contribution is -2.08. The molecular weight excluding hydrogens is 232 g/mol. The molecule has 1 aromatic carbocycles. The molecule has 98 valence electrons. The number of nitrogens with one attached hydrogen (secondary N) is 1. The molecule has 0 atom stereocenters. The highest BCUT2D eigenvalue weighted by molar-refractivity contribution is 5.91. The van der Waals surface area contributed by atoms with Crippen molar-refractivity contribution in [3.8, 4) is 0 Å². The monoisotopic (exact) mass is 250 g/mol. The van der Waals surface area contributed by atoms with Gasteiger partial charge in [-0.15, -0.1) is 0 Å². The van der Waals surface area contributed by atoms with Gasteiger partial charge < -0.3 is 5.32 Å². The Morgan fingerprint density at radius 3 is 2.61 bits per heavy atom. The lowest BCUT2D eigenvalue weighted by Gasteiger charge is -2.07. The number of hydrogen-bond acceptors (Lipinski definition) is 3. The van der Waals surface area contributed by atoms with Crippen LogP contribution in [0.15, 0.2) is 18.2 Å². The summed E-state index contributed by atoms with van der Waals surface area (Å²) < 4.78 is 0. The van der Waals surface area contributed by atoms with Crippen molar-refractivity contribution in [1.29, 1.82) is 0 Å². The first-order chi connectivity index (χ1) is 8.40. The summed E-state index contributed by atoms with van der Waals surface area (Å²) in [5.41, 5.74) is 1.12. The average Bonchev–Trinajstić information content (AvgIpc) is 2.26. The molecule has 5 nitrogen and oxygen atoms in total. The van der Waals surface area contributed by atoms with Crippen LogP contribution in [-0.4, -0.2) is 10.8 Å². The standard InChI is InChI=1S/C13H18N2O3/c1-9(2)4-5-11-6-7-12(14-10(3)16)13(8-11)15(17)18/h6-9H,4-5H2,1-3H3,(H,14,16). The van der Waals surface area contributed by atoms with Crippen LogP contribution >= 0.6 is 0 Å². The Morgan fingerprint density at radius 2 is 2.11 bits per heavy atom. The summed E-state index contributed by atoms with van der Waals surface area (Å²) in [4.78, 5) is 21.4. The van der Waals surface area contributed by atoms with Gasteiger partial charge in [-0.2, -0.15) is 0 Å². The fraction of sp³-hybridized carbons (Fsp3) is 0.462.